The average Bonchev–Trinajstić information content (AvgIpc) is 2.91. The van der Waals surface area contributed by atoms with Crippen LogP contribution in [-0.2, 0) is 17.8 Å². The molecule has 3 rings (SSSR count). The van der Waals surface area contributed by atoms with Crippen LogP contribution in [-0.4, -0.2) is 28.4 Å². The predicted molar refractivity (Wildman–Crippen MR) is 81.4 cm³/mol. The van der Waals surface area contributed by atoms with E-state index in [0.29, 0.717) is 30.4 Å². The first-order chi connectivity index (χ1) is 10.2. The summed E-state index contributed by atoms with van der Waals surface area (Å²) in [7, 11) is 0. The molecule has 1 aliphatic rings. The molecule has 0 saturated carbocycles. The second-order valence-electron chi connectivity index (χ2n) is 4.95. The van der Waals surface area contributed by atoms with E-state index in [0.717, 1.165) is 29.0 Å². The van der Waals surface area contributed by atoms with E-state index in [4.69, 9.17) is 27.7 Å². The molecule has 0 fully saturated rings. The molecular weight excluding hydrogens is 311 g/mol. The SMILES string of the molecule is O=C(CCCl)N1CCc2c(noc2-c2ccc(Cl)cc2)C1. The second kappa shape index (κ2) is 6.08. The summed E-state index contributed by atoms with van der Waals surface area (Å²) in [5.41, 5.74) is 2.86. The van der Waals surface area contributed by atoms with E-state index in [-0.39, 0.29) is 5.91 Å². The number of alkyl halides is 1. The molecule has 0 bridgehead atoms. The number of hydrogen-bond donors (Lipinski definition) is 0. The van der Waals surface area contributed by atoms with Crippen molar-refractivity contribution in [3.63, 3.8) is 0 Å². The summed E-state index contributed by atoms with van der Waals surface area (Å²) in [5.74, 6) is 1.18. The minimum absolute atomic E-state index is 0.0618. The van der Waals surface area contributed by atoms with Crippen LogP contribution in [0.2, 0.25) is 5.02 Å². The van der Waals surface area contributed by atoms with Gasteiger partial charge in [0.1, 0.15) is 5.69 Å². The standard InChI is InChI=1S/C15H14Cl2N2O2/c16-7-5-14(20)19-8-6-12-13(9-19)18-21-15(12)10-1-3-11(17)4-2-10/h1-4H,5-9H2. The summed E-state index contributed by atoms with van der Waals surface area (Å²) < 4.78 is 5.47. The molecule has 0 N–H and O–H groups in total. The van der Waals surface area contributed by atoms with Crippen LogP contribution < -0.4 is 0 Å². The minimum Gasteiger partial charge on any atom is -0.356 e. The van der Waals surface area contributed by atoms with Crippen LogP contribution in [0.3, 0.4) is 0 Å². The Hall–Kier alpha value is -1.52. The molecule has 1 aromatic carbocycles. The molecule has 21 heavy (non-hydrogen) atoms. The molecule has 0 radical (unpaired) electrons. The van der Waals surface area contributed by atoms with Crippen LogP contribution in [0.1, 0.15) is 17.7 Å². The van der Waals surface area contributed by atoms with E-state index < -0.39 is 0 Å². The van der Waals surface area contributed by atoms with E-state index in [2.05, 4.69) is 5.16 Å². The minimum atomic E-state index is 0.0618. The average molecular weight is 325 g/mol. The highest BCUT2D eigenvalue weighted by Gasteiger charge is 2.26. The monoisotopic (exact) mass is 324 g/mol. The van der Waals surface area contributed by atoms with Crippen molar-refractivity contribution in [2.24, 2.45) is 0 Å². The van der Waals surface area contributed by atoms with Gasteiger partial charge in [-0.25, -0.2) is 0 Å². The lowest BCUT2D eigenvalue weighted by molar-refractivity contribution is -0.131. The lowest BCUT2D eigenvalue weighted by Crippen LogP contribution is -2.36. The van der Waals surface area contributed by atoms with Crippen molar-refractivity contribution in [3.8, 4) is 11.3 Å². The molecule has 0 saturated heterocycles. The largest absolute Gasteiger partial charge is 0.356 e. The third-order valence-electron chi connectivity index (χ3n) is 3.61. The molecule has 4 nitrogen and oxygen atoms in total. The Morgan fingerprint density at radius 1 is 1.33 bits per heavy atom. The number of hydrogen-bond acceptors (Lipinski definition) is 3. The number of fused-ring (bicyclic) bond motifs is 1. The van der Waals surface area contributed by atoms with Crippen molar-refractivity contribution in [1.82, 2.24) is 10.1 Å². The first kappa shape index (κ1) is 14.4. The van der Waals surface area contributed by atoms with Crippen LogP contribution in [0.25, 0.3) is 11.3 Å². The molecule has 0 aliphatic carbocycles. The van der Waals surface area contributed by atoms with E-state index in [9.17, 15) is 4.79 Å². The number of amides is 1. The molecule has 110 valence electrons. The molecule has 1 aliphatic heterocycles. The van der Waals surface area contributed by atoms with Gasteiger partial charge in [-0.05, 0) is 30.7 Å². The molecule has 2 aromatic rings. The Morgan fingerprint density at radius 3 is 2.81 bits per heavy atom. The normalized spacial score (nSPS) is 14.1. The first-order valence-electron chi connectivity index (χ1n) is 6.76. The Bertz CT molecular complexity index is 652. The fourth-order valence-electron chi connectivity index (χ4n) is 2.51. The summed E-state index contributed by atoms with van der Waals surface area (Å²) in [6.45, 7) is 1.16. The Balaban J connectivity index is 1.84. The van der Waals surface area contributed by atoms with Crippen LogP contribution in [0.4, 0.5) is 0 Å². The van der Waals surface area contributed by atoms with Gasteiger partial charge in [0.15, 0.2) is 5.76 Å². The highest BCUT2D eigenvalue weighted by Crippen LogP contribution is 2.31. The number of aromatic nitrogens is 1. The fourth-order valence-corrected chi connectivity index (χ4v) is 2.80. The topological polar surface area (TPSA) is 46.3 Å². The van der Waals surface area contributed by atoms with Crippen molar-refractivity contribution in [2.45, 2.75) is 19.4 Å². The van der Waals surface area contributed by atoms with Crippen molar-refractivity contribution in [3.05, 3.63) is 40.5 Å². The van der Waals surface area contributed by atoms with Crippen LogP contribution >= 0.6 is 23.2 Å². The lowest BCUT2D eigenvalue weighted by Gasteiger charge is -2.25. The van der Waals surface area contributed by atoms with Crippen LogP contribution in [0, 0.1) is 0 Å². The van der Waals surface area contributed by atoms with Crippen LogP contribution in [0.5, 0.6) is 0 Å². The summed E-state index contributed by atoms with van der Waals surface area (Å²) >= 11 is 11.5. The quantitative estimate of drug-likeness (QED) is 0.811. The van der Waals surface area contributed by atoms with Gasteiger partial charge in [0.25, 0.3) is 0 Å². The number of rotatable bonds is 3. The number of carbonyl (C=O) groups excluding carboxylic acids is 1. The fraction of sp³-hybridized carbons (Fsp3) is 0.333. The Morgan fingerprint density at radius 2 is 2.10 bits per heavy atom. The smallest absolute Gasteiger partial charge is 0.224 e. The molecular formula is C15H14Cl2N2O2. The van der Waals surface area contributed by atoms with E-state index in [1.54, 1.807) is 4.90 Å². The zero-order chi connectivity index (χ0) is 14.8. The summed E-state index contributed by atoms with van der Waals surface area (Å²) in [4.78, 5) is 13.7. The Kier molecular flexibility index (Phi) is 4.17. The van der Waals surface area contributed by atoms with Crippen molar-refractivity contribution in [1.29, 1.82) is 0 Å². The highest BCUT2D eigenvalue weighted by molar-refractivity contribution is 6.30. The molecule has 0 atom stereocenters. The molecule has 2 heterocycles. The lowest BCUT2D eigenvalue weighted by atomic mass is 10.0. The van der Waals surface area contributed by atoms with Crippen molar-refractivity contribution < 1.29 is 9.32 Å². The van der Waals surface area contributed by atoms with Gasteiger partial charge >= 0.3 is 0 Å². The zero-order valence-electron chi connectivity index (χ0n) is 11.3. The molecule has 1 amide bonds. The second-order valence-corrected chi connectivity index (χ2v) is 5.76. The van der Waals surface area contributed by atoms with Gasteiger partial charge in [-0.3, -0.25) is 4.79 Å². The maximum Gasteiger partial charge on any atom is 0.224 e. The number of nitrogens with zero attached hydrogens (tertiary/aromatic N) is 2. The van der Waals surface area contributed by atoms with Crippen LogP contribution in [0.15, 0.2) is 28.8 Å². The molecule has 0 spiro atoms. The molecule has 6 heteroatoms. The van der Waals surface area contributed by atoms with Gasteiger partial charge in [0, 0.05) is 35.0 Å². The zero-order valence-corrected chi connectivity index (χ0v) is 12.8. The van der Waals surface area contributed by atoms with Gasteiger partial charge < -0.3 is 9.42 Å². The van der Waals surface area contributed by atoms with Gasteiger partial charge in [-0.1, -0.05) is 16.8 Å². The third kappa shape index (κ3) is 2.92. The summed E-state index contributed by atoms with van der Waals surface area (Å²) in [6.07, 6.45) is 1.10. The van der Waals surface area contributed by atoms with E-state index >= 15 is 0 Å². The van der Waals surface area contributed by atoms with Gasteiger partial charge in [0.05, 0.1) is 6.54 Å². The van der Waals surface area contributed by atoms with E-state index in [1.165, 1.54) is 0 Å². The van der Waals surface area contributed by atoms with Crippen molar-refractivity contribution in [2.75, 3.05) is 12.4 Å². The molecule has 0 unspecified atom stereocenters. The third-order valence-corrected chi connectivity index (χ3v) is 4.05. The predicted octanol–water partition coefficient (Wildman–Crippen LogP) is 3.51. The Labute approximate surface area is 132 Å². The van der Waals surface area contributed by atoms with Gasteiger partial charge in [-0.15, -0.1) is 11.6 Å². The maximum absolute atomic E-state index is 11.9. The highest BCUT2D eigenvalue weighted by atomic mass is 35.5. The summed E-state index contributed by atoms with van der Waals surface area (Å²) in [5, 5.41) is 4.80. The van der Waals surface area contributed by atoms with Gasteiger partial charge in [0.2, 0.25) is 5.91 Å². The van der Waals surface area contributed by atoms with Gasteiger partial charge in [-0.2, -0.15) is 0 Å². The number of halogens is 2. The number of carbonyl (C=O) groups is 1. The van der Waals surface area contributed by atoms with Crippen molar-refractivity contribution >= 4 is 29.1 Å². The summed E-state index contributed by atoms with van der Waals surface area (Å²) in [6, 6.07) is 7.47. The first-order valence-corrected chi connectivity index (χ1v) is 7.67. The molecule has 1 aromatic heterocycles. The number of benzene rings is 1. The maximum atomic E-state index is 11.9. The van der Waals surface area contributed by atoms with E-state index in [1.807, 2.05) is 24.3 Å².